The van der Waals surface area contributed by atoms with Crippen molar-refractivity contribution in [1.82, 2.24) is 10.6 Å². The molecule has 0 spiro atoms. The van der Waals surface area contributed by atoms with E-state index in [0.29, 0.717) is 11.8 Å². The Balaban J connectivity index is 1.86. The Kier molecular flexibility index (Phi) is 4.37. The van der Waals surface area contributed by atoms with Gasteiger partial charge in [0.25, 0.3) is 5.91 Å². The van der Waals surface area contributed by atoms with Crippen LogP contribution in [0, 0.1) is 18.8 Å². The SMILES string of the molecule is Cc1ccc(C(=O)NCC2CNCCC2C)cc1. The van der Waals surface area contributed by atoms with Gasteiger partial charge in [0.2, 0.25) is 0 Å². The fraction of sp³-hybridized carbons (Fsp3) is 0.533. The second kappa shape index (κ2) is 6.01. The second-order valence-electron chi connectivity index (χ2n) is 5.31. The van der Waals surface area contributed by atoms with E-state index in [0.717, 1.165) is 25.2 Å². The molecule has 1 aromatic rings. The van der Waals surface area contributed by atoms with Crippen LogP contribution in [-0.2, 0) is 0 Å². The van der Waals surface area contributed by atoms with Crippen LogP contribution in [0.15, 0.2) is 24.3 Å². The van der Waals surface area contributed by atoms with Gasteiger partial charge in [-0.1, -0.05) is 24.6 Å². The van der Waals surface area contributed by atoms with E-state index in [9.17, 15) is 4.79 Å². The third-order valence-corrected chi connectivity index (χ3v) is 3.83. The maximum atomic E-state index is 12.0. The molecule has 1 heterocycles. The van der Waals surface area contributed by atoms with E-state index in [-0.39, 0.29) is 5.91 Å². The van der Waals surface area contributed by atoms with Crippen molar-refractivity contribution >= 4 is 5.91 Å². The van der Waals surface area contributed by atoms with Gasteiger partial charge in [0.15, 0.2) is 0 Å². The van der Waals surface area contributed by atoms with Gasteiger partial charge in [-0.05, 0) is 50.4 Å². The van der Waals surface area contributed by atoms with Crippen molar-refractivity contribution in [1.29, 1.82) is 0 Å². The molecule has 1 aliphatic rings. The van der Waals surface area contributed by atoms with Gasteiger partial charge >= 0.3 is 0 Å². The highest BCUT2D eigenvalue weighted by Crippen LogP contribution is 2.17. The Labute approximate surface area is 109 Å². The summed E-state index contributed by atoms with van der Waals surface area (Å²) < 4.78 is 0. The normalized spacial score (nSPS) is 23.7. The van der Waals surface area contributed by atoms with Gasteiger partial charge < -0.3 is 10.6 Å². The molecule has 1 aromatic carbocycles. The minimum Gasteiger partial charge on any atom is -0.352 e. The molecular formula is C15H22N2O. The highest BCUT2D eigenvalue weighted by molar-refractivity contribution is 5.94. The lowest BCUT2D eigenvalue weighted by Gasteiger charge is -2.29. The third kappa shape index (κ3) is 3.33. The summed E-state index contributed by atoms with van der Waals surface area (Å²) in [6.45, 7) is 7.17. The summed E-state index contributed by atoms with van der Waals surface area (Å²) in [5.41, 5.74) is 1.92. The quantitative estimate of drug-likeness (QED) is 0.856. The molecule has 2 unspecified atom stereocenters. The van der Waals surface area contributed by atoms with Crippen molar-refractivity contribution in [2.24, 2.45) is 11.8 Å². The highest BCUT2D eigenvalue weighted by Gasteiger charge is 2.21. The number of aryl methyl sites for hydroxylation is 1. The van der Waals surface area contributed by atoms with Crippen LogP contribution in [0.5, 0.6) is 0 Å². The van der Waals surface area contributed by atoms with Gasteiger partial charge in [0, 0.05) is 12.1 Å². The molecule has 2 N–H and O–H groups in total. The third-order valence-electron chi connectivity index (χ3n) is 3.83. The van der Waals surface area contributed by atoms with Gasteiger partial charge in [-0.25, -0.2) is 0 Å². The summed E-state index contributed by atoms with van der Waals surface area (Å²) in [6, 6.07) is 7.71. The average Bonchev–Trinajstić information content (AvgIpc) is 2.38. The number of hydrogen-bond donors (Lipinski definition) is 2. The predicted molar refractivity (Wildman–Crippen MR) is 73.7 cm³/mol. The Morgan fingerprint density at radius 1 is 1.39 bits per heavy atom. The number of nitrogens with one attached hydrogen (secondary N) is 2. The summed E-state index contributed by atoms with van der Waals surface area (Å²) >= 11 is 0. The molecule has 0 saturated carbocycles. The van der Waals surface area contributed by atoms with E-state index in [2.05, 4.69) is 17.6 Å². The molecule has 0 bridgehead atoms. The van der Waals surface area contributed by atoms with Crippen molar-refractivity contribution in [2.75, 3.05) is 19.6 Å². The number of benzene rings is 1. The maximum absolute atomic E-state index is 12.0. The molecule has 1 aliphatic heterocycles. The Morgan fingerprint density at radius 2 is 2.11 bits per heavy atom. The van der Waals surface area contributed by atoms with Crippen LogP contribution in [0.3, 0.4) is 0 Å². The van der Waals surface area contributed by atoms with Crippen molar-refractivity contribution in [3.05, 3.63) is 35.4 Å². The van der Waals surface area contributed by atoms with E-state index >= 15 is 0 Å². The Hall–Kier alpha value is -1.35. The van der Waals surface area contributed by atoms with Gasteiger partial charge in [0.05, 0.1) is 0 Å². The summed E-state index contributed by atoms with van der Waals surface area (Å²) in [7, 11) is 0. The number of carbonyl (C=O) groups is 1. The van der Waals surface area contributed by atoms with Crippen LogP contribution in [-0.4, -0.2) is 25.5 Å². The molecular weight excluding hydrogens is 224 g/mol. The standard InChI is InChI=1S/C15H22N2O/c1-11-3-5-13(6-4-11)15(18)17-10-14-9-16-8-7-12(14)2/h3-6,12,14,16H,7-10H2,1-2H3,(H,17,18). The number of carbonyl (C=O) groups excluding carboxylic acids is 1. The van der Waals surface area contributed by atoms with Gasteiger partial charge in [-0.3, -0.25) is 4.79 Å². The molecule has 1 fully saturated rings. The predicted octanol–water partition coefficient (Wildman–Crippen LogP) is 1.97. The fourth-order valence-corrected chi connectivity index (χ4v) is 2.36. The number of amides is 1. The van der Waals surface area contributed by atoms with Crippen molar-refractivity contribution in [2.45, 2.75) is 20.3 Å². The maximum Gasteiger partial charge on any atom is 0.251 e. The Morgan fingerprint density at radius 3 is 2.78 bits per heavy atom. The Bertz CT molecular complexity index is 399. The molecule has 3 nitrogen and oxygen atoms in total. The number of piperidine rings is 1. The largest absolute Gasteiger partial charge is 0.352 e. The van der Waals surface area contributed by atoms with Gasteiger partial charge in [0.1, 0.15) is 0 Å². The van der Waals surface area contributed by atoms with E-state index < -0.39 is 0 Å². The van der Waals surface area contributed by atoms with E-state index in [4.69, 9.17) is 0 Å². The highest BCUT2D eigenvalue weighted by atomic mass is 16.1. The van der Waals surface area contributed by atoms with Crippen molar-refractivity contribution in [3.63, 3.8) is 0 Å². The zero-order valence-corrected chi connectivity index (χ0v) is 11.2. The fourth-order valence-electron chi connectivity index (χ4n) is 2.36. The molecule has 2 atom stereocenters. The molecule has 98 valence electrons. The summed E-state index contributed by atoms with van der Waals surface area (Å²) in [5.74, 6) is 1.27. The van der Waals surface area contributed by atoms with E-state index in [1.165, 1.54) is 12.0 Å². The summed E-state index contributed by atoms with van der Waals surface area (Å²) in [6.07, 6.45) is 1.20. The van der Waals surface area contributed by atoms with E-state index in [1.54, 1.807) is 0 Å². The molecule has 18 heavy (non-hydrogen) atoms. The smallest absolute Gasteiger partial charge is 0.251 e. The van der Waals surface area contributed by atoms with Crippen LogP contribution in [0.2, 0.25) is 0 Å². The molecule has 2 rings (SSSR count). The second-order valence-corrected chi connectivity index (χ2v) is 5.31. The first kappa shape index (κ1) is 13.1. The zero-order valence-electron chi connectivity index (χ0n) is 11.2. The number of hydrogen-bond acceptors (Lipinski definition) is 2. The number of rotatable bonds is 3. The first-order valence-corrected chi connectivity index (χ1v) is 6.72. The first-order valence-electron chi connectivity index (χ1n) is 6.72. The minimum absolute atomic E-state index is 0.0350. The average molecular weight is 246 g/mol. The topological polar surface area (TPSA) is 41.1 Å². The van der Waals surface area contributed by atoms with Crippen LogP contribution >= 0.6 is 0 Å². The first-order chi connectivity index (χ1) is 8.66. The molecule has 0 radical (unpaired) electrons. The van der Waals surface area contributed by atoms with Gasteiger partial charge in [-0.15, -0.1) is 0 Å². The van der Waals surface area contributed by atoms with Crippen molar-refractivity contribution < 1.29 is 4.79 Å². The summed E-state index contributed by atoms with van der Waals surface area (Å²) in [4.78, 5) is 12.0. The molecule has 0 aliphatic carbocycles. The molecule has 0 aromatic heterocycles. The van der Waals surface area contributed by atoms with Crippen LogP contribution in [0.25, 0.3) is 0 Å². The lowest BCUT2D eigenvalue weighted by molar-refractivity contribution is 0.0939. The minimum atomic E-state index is 0.0350. The lowest BCUT2D eigenvalue weighted by Crippen LogP contribution is -2.42. The van der Waals surface area contributed by atoms with Gasteiger partial charge in [-0.2, -0.15) is 0 Å². The van der Waals surface area contributed by atoms with Crippen LogP contribution in [0.4, 0.5) is 0 Å². The van der Waals surface area contributed by atoms with E-state index in [1.807, 2.05) is 31.2 Å². The summed E-state index contributed by atoms with van der Waals surface area (Å²) in [5, 5.41) is 6.42. The monoisotopic (exact) mass is 246 g/mol. The molecule has 1 amide bonds. The molecule has 1 saturated heterocycles. The van der Waals surface area contributed by atoms with Crippen LogP contribution in [0.1, 0.15) is 29.3 Å². The zero-order chi connectivity index (χ0) is 13.0. The van der Waals surface area contributed by atoms with Crippen molar-refractivity contribution in [3.8, 4) is 0 Å². The lowest BCUT2D eigenvalue weighted by atomic mass is 9.88. The van der Waals surface area contributed by atoms with Crippen LogP contribution < -0.4 is 10.6 Å². The molecule has 3 heteroatoms.